The highest BCUT2D eigenvalue weighted by Gasteiger charge is 2.31. The van der Waals surface area contributed by atoms with Crippen LogP contribution in [0.25, 0.3) is 0 Å². The summed E-state index contributed by atoms with van der Waals surface area (Å²) >= 11 is 0. The third kappa shape index (κ3) is 3.44. The van der Waals surface area contributed by atoms with Gasteiger partial charge in [0.25, 0.3) is 0 Å². The van der Waals surface area contributed by atoms with E-state index >= 15 is 0 Å². The summed E-state index contributed by atoms with van der Waals surface area (Å²) in [5, 5.41) is 0. The maximum Gasteiger partial charge on any atom is 0.137 e. The second kappa shape index (κ2) is 6.22. The largest absolute Gasteiger partial charge is 0.365 e. The summed E-state index contributed by atoms with van der Waals surface area (Å²) in [5.41, 5.74) is 0.248. The van der Waals surface area contributed by atoms with Crippen LogP contribution in [-0.4, -0.2) is 19.0 Å². The Bertz CT molecular complexity index is 412. The fourth-order valence-corrected chi connectivity index (χ4v) is 1.62. The number of hydrogen-bond donors (Lipinski definition) is 0. The molecule has 0 aliphatic rings. The van der Waals surface area contributed by atoms with Gasteiger partial charge in [-0.3, -0.25) is 0 Å². The number of hydrogen-bond acceptors (Lipinski definition) is 2. The highest BCUT2D eigenvalue weighted by molar-refractivity contribution is 5.54. The molecule has 0 saturated carbocycles. The molecule has 0 radical (unpaired) electrons. The number of ether oxygens (including phenoxy) is 1. The molecule has 0 N–H and O–H groups in total. The SMILES string of the molecule is COC(C#Cc1ccccc1)(CC=O)C(C)C. The van der Waals surface area contributed by atoms with E-state index in [1.165, 1.54) is 0 Å². The van der Waals surface area contributed by atoms with Crippen molar-refractivity contribution in [1.29, 1.82) is 0 Å². The fourth-order valence-electron chi connectivity index (χ4n) is 1.62. The second-order valence-electron chi connectivity index (χ2n) is 4.24. The van der Waals surface area contributed by atoms with Crippen molar-refractivity contribution in [2.24, 2.45) is 5.92 Å². The molecule has 1 unspecified atom stereocenters. The molecule has 1 aromatic rings. The first-order valence-corrected chi connectivity index (χ1v) is 5.71. The Morgan fingerprint density at radius 2 is 2.00 bits per heavy atom. The Kier molecular flexibility index (Phi) is 4.93. The van der Waals surface area contributed by atoms with E-state index in [4.69, 9.17) is 4.74 Å². The van der Waals surface area contributed by atoms with Gasteiger partial charge in [-0.2, -0.15) is 0 Å². The van der Waals surface area contributed by atoms with Gasteiger partial charge >= 0.3 is 0 Å². The Balaban J connectivity index is 3.02. The molecule has 0 spiro atoms. The Hall–Kier alpha value is -1.59. The van der Waals surface area contributed by atoms with Crippen LogP contribution in [0.15, 0.2) is 30.3 Å². The minimum Gasteiger partial charge on any atom is -0.365 e. The number of aldehydes is 1. The van der Waals surface area contributed by atoms with Gasteiger partial charge in [-0.25, -0.2) is 0 Å². The quantitative estimate of drug-likeness (QED) is 0.587. The minimum atomic E-state index is -0.683. The summed E-state index contributed by atoms with van der Waals surface area (Å²) in [4.78, 5) is 10.7. The minimum absolute atomic E-state index is 0.161. The van der Waals surface area contributed by atoms with Gasteiger partial charge in [-0.05, 0) is 18.1 Å². The summed E-state index contributed by atoms with van der Waals surface area (Å²) in [5.74, 6) is 6.33. The zero-order chi connectivity index (χ0) is 12.7. The van der Waals surface area contributed by atoms with Gasteiger partial charge in [0.15, 0.2) is 0 Å². The Morgan fingerprint density at radius 1 is 1.35 bits per heavy atom. The third-order valence-electron chi connectivity index (χ3n) is 2.88. The number of carbonyl (C=O) groups is 1. The normalized spacial score (nSPS) is 13.6. The Morgan fingerprint density at radius 3 is 2.47 bits per heavy atom. The average Bonchev–Trinajstić information content (AvgIpc) is 2.35. The molecule has 2 nitrogen and oxygen atoms in total. The van der Waals surface area contributed by atoms with Crippen molar-refractivity contribution in [2.45, 2.75) is 25.9 Å². The van der Waals surface area contributed by atoms with Crippen molar-refractivity contribution in [1.82, 2.24) is 0 Å². The molecule has 0 aliphatic carbocycles. The van der Waals surface area contributed by atoms with E-state index in [0.29, 0.717) is 6.42 Å². The molecule has 0 aliphatic heterocycles. The van der Waals surface area contributed by atoms with Crippen molar-refractivity contribution in [2.75, 3.05) is 7.11 Å². The summed E-state index contributed by atoms with van der Waals surface area (Å²) in [7, 11) is 1.60. The molecule has 0 aromatic heterocycles. The highest BCUT2D eigenvalue weighted by Crippen LogP contribution is 2.23. The smallest absolute Gasteiger partial charge is 0.137 e. The van der Waals surface area contributed by atoms with Crippen LogP contribution >= 0.6 is 0 Å². The molecule has 2 heteroatoms. The van der Waals surface area contributed by atoms with Crippen LogP contribution in [-0.2, 0) is 9.53 Å². The molecule has 0 fully saturated rings. The summed E-state index contributed by atoms with van der Waals surface area (Å²) < 4.78 is 5.46. The molecule has 0 bridgehead atoms. The number of carbonyl (C=O) groups excluding carboxylic acids is 1. The molecule has 0 amide bonds. The van der Waals surface area contributed by atoms with Gasteiger partial charge in [0, 0.05) is 19.1 Å². The first kappa shape index (κ1) is 13.5. The first-order chi connectivity index (χ1) is 8.14. The van der Waals surface area contributed by atoms with Gasteiger partial charge in [0.2, 0.25) is 0 Å². The van der Waals surface area contributed by atoms with Gasteiger partial charge in [0.1, 0.15) is 11.9 Å². The topological polar surface area (TPSA) is 26.3 Å². The maximum absolute atomic E-state index is 10.7. The van der Waals surface area contributed by atoms with Crippen LogP contribution < -0.4 is 0 Å². The van der Waals surface area contributed by atoms with Gasteiger partial charge < -0.3 is 9.53 Å². The fraction of sp³-hybridized carbons (Fsp3) is 0.400. The highest BCUT2D eigenvalue weighted by atomic mass is 16.5. The lowest BCUT2D eigenvalue weighted by atomic mass is 9.87. The zero-order valence-corrected chi connectivity index (χ0v) is 10.6. The standard InChI is InChI=1S/C15H18O2/c1-13(2)15(17-3,11-12-16)10-9-14-7-5-4-6-8-14/h4-8,12-13H,11H2,1-3H3. The first-order valence-electron chi connectivity index (χ1n) is 5.71. The van der Waals surface area contributed by atoms with Crippen molar-refractivity contribution >= 4 is 6.29 Å². The average molecular weight is 230 g/mol. The molecular weight excluding hydrogens is 212 g/mol. The number of methoxy groups -OCH3 is 1. The van der Waals surface area contributed by atoms with Crippen molar-refractivity contribution in [3.63, 3.8) is 0 Å². The van der Waals surface area contributed by atoms with E-state index in [1.54, 1.807) is 7.11 Å². The zero-order valence-electron chi connectivity index (χ0n) is 10.6. The molecular formula is C15H18O2. The lowest BCUT2D eigenvalue weighted by Gasteiger charge is -2.29. The van der Waals surface area contributed by atoms with Gasteiger partial charge in [0.05, 0.1) is 0 Å². The van der Waals surface area contributed by atoms with Crippen LogP contribution in [0.3, 0.4) is 0 Å². The molecule has 1 rings (SSSR count). The molecule has 1 atom stereocenters. The predicted molar refractivity (Wildman–Crippen MR) is 68.6 cm³/mol. The third-order valence-corrected chi connectivity index (χ3v) is 2.88. The second-order valence-corrected chi connectivity index (χ2v) is 4.24. The Labute approximate surface area is 103 Å². The van der Waals surface area contributed by atoms with Crippen LogP contribution in [0, 0.1) is 17.8 Å². The molecule has 17 heavy (non-hydrogen) atoms. The van der Waals surface area contributed by atoms with E-state index in [-0.39, 0.29) is 5.92 Å². The van der Waals surface area contributed by atoms with E-state index in [0.717, 1.165) is 11.8 Å². The summed E-state index contributed by atoms with van der Waals surface area (Å²) in [6.07, 6.45) is 1.16. The van der Waals surface area contributed by atoms with Gasteiger partial charge in [-0.1, -0.05) is 43.9 Å². The summed E-state index contributed by atoms with van der Waals surface area (Å²) in [6, 6.07) is 9.70. The monoisotopic (exact) mass is 230 g/mol. The molecule has 1 aromatic carbocycles. The van der Waals surface area contributed by atoms with Crippen molar-refractivity contribution in [3.05, 3.63) is 35.9 Å². The number of rotatable bonds is 4. The van der Waals surface area contributed by atoms with Crippen LogP contribution in [0.5, 0.6) is 0 Å². The molecule has 0 saturated heterocycles. The number of benzene rings is 1. The summed E-state index contributed by atoms with van der Waals surface area (Å²) in [6.45, 7) is 4.01. The molecule has 0 heterocycles. The van der Waals surface area contributed by atoms with Crippen LogP contribution in [0.1, 0.15) is 25.8 Å². The lowest BCUT2D eigenvalue weighted by molar-refractivity contribution is -0.113. The van der Waals surface area contributed by atoms with E-state index < -0.39 is 5.60 Å². The van der Waals surface area contributed by atoms with E-state index in [2.05, 4.69) is 11.8 Å². The maximum atomic E-state index is 10.7. The van der Waals surface area contributed by atoms with Gasteiger partial charge in [-0.15, -0.1) is 0 Å². The van der Waals surface area contributed by atoms with E-state index in [9.17, 15) is 4.79 Å². The van der Waals surface area contributed by atoms with Crippen LogP contribution in [0.2, 0.25) is 0 Å². The van der Waals surface area contributed by atoms with Crippen molar-refractivity contribution in [3.8, 4) is 11.8 Å². The molecule has 90 valence electrons. The van der Waals surface area contributed by atoms with E-state index in [1.807, 2.05) is 44.2 Å². The van der Waals surface area contributed by atoms with Crippen molar-refractivity contribution < 1.29 is 9.53 Å². The van der Waals surface area contributed by atoms with Crippen LogP contribution in [0.4, 0.5) is 0 Å². The lowest BCUT2D eigenvalue weighted by Crippen LogP contribution is -2.36. The predicted octanol–water partition coefficient (Wildman–Crippen LogP) is 2.67.